The van der Waals surface area contributed by atoms with E-state index in [9.17, 15) is 9.67 Å². The highest BCUT2D eigenvalue weighted by atomic mass is 35.5. The molecular weight excluding hydrogens is 532 g/mol. The maximum absolute atomic E-state index is 12.7. The summed E-state index contributed by atoms with van der Waals surface area (Å²) in [6, 6.07) is 8.79. The van der Waals surface area contributed by atoms with E-state index in [1.807, 2.05) is 0 Å². The van der Waals surface area contributed by atoms with E-state index in [1.54, 1.807) is 26.5 Å². The number of benzene rings is 2. The number of ether oxygens (including phenoxy) is 1. The molecule has 12 heteroatoms. The summed E-state index contributed by atoms with van der Waals surface area (Å²) in [6.07, 6.45) is 2.47. The number of methoxy groups -OCH3 is 1. The third-order valence-corrected chi connectivity index (χ3v) is 7.34. The Kier molecular flexibility index (Phi) is 9.68. The zero-order valence-electron chi connectivity index (χ0n) is 19.8. The number of phenolic OH excluding ortho intramolecular Hbond substituents is 1. The lowest BCUT2D eigenvalue weighted by molar-refractivity contribution is 0.312. The number of hydrogen-bond donors (Lipinski definition) is 3. The molecule has 0 aliphatic carbocycles. The fraction of sp³-hybridized carbons (Fsp3) is 0.304. The topological polar surface area (TPSA) is 99.6 Å². The van der Waals surface area contributed by atoms with Gasteiger partial charge in [-0.05, 0) is 68.3 Å². The Bertz CT molecular complexity index is 1260. The largest absolute Gasteiger partial charge is 0.508 e. The van der Waals surface area contributed by atoms with Crippen molar-refractivity contribution in [2.75, 3.05) is 44.7 Å². The second-order valence-corrected chi connectivity index (χ2v) is 12.1. The number of hydrogen-bond acceptors (Lipinski definition) is 8. The predicted molar refractivity (Wildman–Crippen MR) is 148 cm³/mol. The first-order valence-electron chi connectivity index (χ1n) is 10.5. The smallest absolute Gasteiger partial charge is 0.229 e. The molecule has 0 bridgehead atoms. The Morgan fingerprint density at radius 3 is 2.54 bits per heavy atom. The minimum atomic E-state index is -2.67. The van der Waals surface area contributed by atoms with E-state index in [1.165, 1.54) is 29.5 Å². The van der Waals surface area contributed by atoms with Gasteiger partial charge in [0.25, 0.3) is 0 Å². The van der Waals surface area contributed by atoms with Gasteiger partial charge in [-0.15, -0.1) is 24.8 Å². The highest BCUT2D eigenvalue weighted by molar-refractivity contribution is 7.70. The van der Waals surface area contributed by atoms with Crippen LogP contribution in [0.3, 0.4) is 0 Å². The molecule has 3 aromatic rings. The van der Waals surface area contributed by atoms with Crippen molar-refractivity contribution < 1.29 is 14.4 Å². The van der Waals surface area contributed by atoms with Crippen LogP contribution in [0.15, 0.2) is 36.5 Å². The minimum absolute atomic E-state index is 0. The van der Waals surface area contributed by atoms with E-state index in [4.69, 9.17) is 16.3 Å². The van der Waals surface area contributed by atoms with Crippen LogP contribution in [0.5, 0.6) is 11.5 Å². The summed E-state index contributed by atoms with van der Waals surface area (Å²) in [6.45, 7) is 5.16. The lowest BCUT2D eigenvalue weighted by Crippen LogP contribution is -2.26. The summed E-state index contributed by atoms with van der Waals surface area (Å²) in [4.78, 5) is 11.1. The highest BCUT2D eigenvalue weighted by Gasteiger charge is 2.20. The van der Waals surface area contributed by atoms with Gasteiger partial charge in [0.05, 0.1) is 24.7 Å². The van der Waals surface area contributed by atoms with E-state index < -0.39 is 7.14 Å². The quantitative estimate of drug-likeness (QED) is 0.272. The fourth-order valence-corrected chi connectivity index (χ4v) is 5.12. The SMILES string of the molecule is COc1cc2c(cc1Nc1ncc(Cl)c(Nc3ccc(O)cc3P(C)(C)=O)n1)CN(C)CC2.Cl.Cl. The maximum atomic E-state index is 12.7. The van der Waals surface area contributed by atoms with Crippen LogP contribution >= 0.6 is 43.6 Å². The molecule has 0 atom stereocenters. The monoisotopic (exact) mass is 559 g/mol. The van der Waals surface area contributed by atoms with Crippen molar-refractivity contribution in [1.82, 2.24) is 14.9 Å². The minimum Gasteiger partial charge on any atom is -0.508 e. The van der Waals surface area contributed by atoms with E-state index >= 15 is 0 Å². The van der Waals surface area contributed by atoms with E-state index in [0.29, 0.717) is 33.5 Å². The first-order chi connectivity index (χ1) is 15.6. The number of aromatic nitrogens is 2. The van der Waals surface area contributed by atoms with Gasteiger partial charge in [0.15, 0.2) is 5.82 Å². The molecule has 0 unspecified atom stereocenters. The Morgan fingerprint density at radius 1 is 1.11 bits per heavy atom. The molecule has 190 valence electrons. The molecule has 0 fully saturated rings. The summed E-state index contributed by atoms with van der Waals surface area (Å²) in [5, 5.41) is 17.0. The third kappa shape index (κ3) is 6.72. The lowest BCUT2D eigenvalue weighted by atomic mass is 9.99. The van der Waals surface area contributed by atoms with Crippen LogP contribution < -0.4 is 20.7 Å². The van der Waals surface area contributed by atoms with Gasteiger partial charge in [0, 0.05) is 18.4 Å². The number of aromatic hydroxyl groups is 1. The van der Waals surface area contributed by atoms with Crippen LogP contribution in [0.1, 0.15) is 11.1 Å². The molecule has 1 aliphatic rings. The summed E-state index contributed by atoms with van der Waals surface area (Å²) in [7, 11) is 1.06. The van der Waals surface area contributed by atoms with Gasteiger partial charge in [0.2, 0.25) is 5.95 Å². The van der Waals surface area contributed by atoms with Crippen molar-refractivity contribution in [3.8, 4) is 11.5 Å². The third-order valence-electron chi connectivity index (χ3n) is 5.53. The van der Waals surface area contributed by atoms with Gasteiger partial charge in [0.1, 0.15) is 23.7 Å². The molecule has 35 heavy (non-hydrogen) atoms. The molecule has 2 heterocycles. The van der Waals surface area contributed by atoms with Crippen molar-refractivity contribution in [2.45, 2.75) is 13.0 Å². The molecule has 2 aromatic carbocycles. The van der Waals surface area contributed by atoms with Gasteiger partial charge in [-0.2, -0.15) is 4.98 Å². The molecule has 0 radical (unpaired) electrons. The highest BCUT2D eigenvalue weighted by Crippen LogP contribution is 2.40. The van der Waals surface area contributed by atoms with Crippen molar-refractivity contribution in [3.63, 3.8) is 0 Å². The zero-order valence-corrected chi connectivity index (χ0v) is 23.1. The van der Waals surface area contributed by atoms with Crippen molar-refractivity contribution in [1.29, 1.82) is 0 Å². The van der Waals surface area contributed by atoms with Crippen LogP contribution in [0, 0.1) is 0 Å². The molecule has 1 aliphatic heterocycles. The molecule has 4 rings (SSSR count). The maximum Gasteiger partial charge on any atom is 0.229 e. The predicted octanol–water partition coefficient (Wildman–Crippen LogP) is 5.41. The first kappa shape index (κ1) is 29.0. The van der Waals surface area contributed by atoms with Gasteiger partial charge in [-0.3, -0.25) is 0 Å². The van der Waals surface area contributed by atoms with Gasteiger partial charge < -0.3 is 29.9 Å². The molecule has 0 saturated carbocycles. The van der Waals surface area contributed by atoms with Crippen molar-refractivity contribution in [3.05, 3.63) is 52.7 Å². The summed E-state index contributed by atoms with van der Waals surface area (Å²) in [5.74, 6) is 1.44. The standard InChI is InChI=1S/C23H27ClN5O3P.2ClH/c1-29-8-7-14-10-20(32-2)19(9-15(14)13-29)27-23-25-12-17(24)22(28-23)26-18-6-5-16(30)11-21(18)33(3,4)31;;/h5-6,9-12,30H,7-8,13H2,1-4H3,(H2,25,26,27,28);2*1H. The number of halogens is 3. The van der Waals surface area contributed by atoms with E-state index in [-0.39, 0.29) is 30.6 Å². The molecule has 3 N–H and O–H groups in total. The summed E-state index contributed by atoms with van der Waals surface area (Å²) < 4.78 is 18.3. The summed E-state index contributed by atoms with van der Waals surface area (Å²) in [5.41, 5.74) is 3.83. The number of likely N-dealkylation sites (N-methyl/N-ethyl adjacent to an activating group) is 1. The molecular formula is C23H29Cl3N5O3P. The van der Waals surface area contributed by atoms with Crippen LogP contribution in [-0.2, 0) is 17.5 Å². The summed E-state index contributed by atoms with van der Waals surface area (Å²) >= 11 is 6.35. The second-order valence-electron chi connectivity index (χ2n) is 8.50. The average molecular weight is 561 g/mol. The normalized spacial score (nSPS) is 13.2. The number of fused-ring (bicyclic) bond motifs is 1. The van der Waals surface area contributed by atoms with Crippen LogP contribution in [0.25, 0.3) is 0 Å². The van der Waals surface area contributed by atoms with E-state index in [0.717, 1.165) is 25.2 Å². The van der Waals surface area contributed by atoms with Crippen molar-refractivity contribution >= 4 is 72.0 Å². The van der Waals surface area contributed by atoms with Crippen LogP contribution in [-0.4, -0.2) is 54.0 Å². The number of nitrogens with zero attached hydrogens (tertiary/aromatic N) is 3. The van der Waals surface area contributed by atoms with Crippen LogP contribution in [0.4, 0.5) is 23.1 Å². The Morgan fingerprint density at radius 2 is 1.86 bits per heavy atom. The van der Waals surface area contributed by atoms with E-state index in [2.05, 4.69) is 44.7 Å². The average Bonchev–Trinajstić information content (AvgIpc) is 2.76. The van der Waals surface area contributed by atoms with Gasteiger partial charge >= 0.3 is 0 Å². The Hall–Kier alpha value is -2.22. The molecule has 8 nitrogen and oxygen atoms in total. The molecule has 0 spiro atoms. The molecule has 0 saturated heterocycles. The number of nitrogens with one attached hydrogen (secondary N) is 2. The number of phenols is 1. The Labute approximate surface area is 222 Å². The second kappa shape index (κ2) is 11.7. The zero-order chi connectivity index (χ0) is 23.8. The molecule has 0 amide bonds. The lowest BCUT2D eigenvalue weighted by Gasteiger charge is -2.26. The van der Waals surface area contributed by atoms with Crippen LogP contribution in [0.2, 0.25) is 5.02 Å². The first-order valence-corrected chi connectivity index (χ1v) is 13.5. The fourth-order valence-electron chi connectivity index (χ4n) is 3.83. The number of rotatable bonds is 6. The van der Waals surface area contributed by atoms with Gasteiger partial charge in [-0.1, -0.05) is 11.6 Å². The van der Waals surface area contributed by atoms with Crippen molar-refractivity contribution in [2.24, 2.45) is 0 Å². The Balaban J connectivity index is 0.00000216. The molecule has 1 aromatic heterocycles. The number of anilines is 4. The van der Waals surface area contributed by atoms with Gasteiger partial charge in [-0.25, -0.2) is 4.98 Å².